The van der Waals surface area contributed by atoms with Gasteiger partial charge in [0.1, 0.15) is 6.04 Å². The summed E-state index contributed by atoms with van der Waals surface area (Å²) in [5.41, 5.74) is 1.59. The maximum Gasteiger partial charge on any atom is 0.262 e. The summed E-state index contributed by atoms with van der Waals surface area (Å²) in [7, 11) is 0. The molecule has 0 saturated carbocycles. The Bertz CT molecular complexity index is 659. The lowest BCUT2D eigenvalue weighted by atomic mass is 10.0. The van der Waals surface area contributed by atoms with E-state index in [4.69, 9.17) is 0 Å². The summed E-state index contributed by atoms with van der Waals surface area (Å²) in [6.07, 6.45) is 0. The summed E-state index contributed by atoms with van der Waals surface area (Å²) in [5.74, 6) is -1.19. The average molecular weight is 328 g/mol. The molecule has 2 rings (SSSR count). The molecule has 128 valence electrons. The number of fused-ring (bicyclic) bond motifs is 1. The Morgan fingerprint density at radius 2 is 1.67 bits per heavy atom. The van der Waals surface area contributed by atoms with Crippen molar-refractivity contribution in [1.29, 1.82) is 0 Å². The number of imide groups is 1. The van der Waals surface area contributed by atoms with E-state index in [-0.39, 0.29) is 11.8 Å². The summed E-state index contributed by atoms with van der Waals surface area (Å²) >= 11 is 0. The van der Waals surface area contributed by atoms with Crippen LogP contribution in [0, 0.1) is 5.92 Å². The van der Waals surface area contributed by atoms with Crippen molar-refractivity contribution in [3.05, 3.63) is 47.5 Å². The van der Waals surface area contributed by atoms with Crippen LogP contribution in [0.3, 0.4) is 0 Å². The summed E-state index contributed by atoms with van der Waals surface area (Å²) in [5, 5.41) is 0. The highest BCUT2D eigenvalue weighted by Gasteiger charge is 2.44. The standard InChI is InChI=1S/C19H24N2O3/c1-6-20(11-12(2)3)19(24)16(13(4)5)21-17(22)14-9-7-8-10-15(14)18(21)23/h7-10,13,16H,2,6,11H2,1,3-5H3. The topological polar surface area (TPSA) is 57.7 Å². The zero-order chi connectivity index (χ0) is 18.0. The Labute approximate surface area is 142 Å². The average Bonchev–Trinajstić information content (AvgIpc) is 2.78. The third-order valence-corrected chi connectivity index (χ3v) is 4.14. The minimum Gasteiger partial charge on any atom is -0.337 e. The van der Waals surface area contributed by atoms with E-state index in [1.165, 1.54) is 0 Å². The van der Waals surface area contributed by atoms with Gasteiger partial charge in [0.25, 0.3) is 11.8 Å². The van der Waals surface area contributed by atoms with E-state index in [1.54, 1.807) is 29.2 Å². The van der Waals surface area contributed by atoms with Crippen molar-refractivity contribution < 1.29 is 14.4 Å². The Kier molecular flexibility index (Phi) is 5.22. The van der Waals surface area contributed by atoms with Crippen LogP contribution in [0.15, 0.2) is 36.4 Å². The zero-order valence-corrected chi connectivity index (χ0v) is 14.7. The van der Waals surface area contributed by atoms with Crippen LogP contribution in [0.25, 0.3) is 0 Å². The Balaban J connectivity index is 2.39. The maximum atomic E-state index is 13.0. The van der Waals surface area contributed by atoms with Crippen LogP contribution in [-0.4, -0.2) is 46.7 Å². The first-order valence-electron chi connectivity index (χ1n) is 8.19. The fourth-order valence-corrected chi connectivity index (χ4v) is 3.01. The molecular weight excluding hydrogens is 304 g/mol. The number of benzene rings is 1. The normalized spacial score (nSPS) is 14.8. The van der Waals surface area contributed by atoms with Gasteiger partial charge in [-0.25, -0.2) is 0 Å². The first-order valence-corrected chi connectivity index (χ1v) is 8.19. The number of carbonyl (C=O) groups is 3. The molecule has 0 fully saturated rings. The molecule has 5 heteroatoms. The second kappa shape index (κ2) is 6.99. The molecule has 1 aliphatic heterocycles. The first kappa shape index (κ1) is 17.9. The van der Waals surface area contributed by atoms with Gasteiger partial charge in [-0.2, -0.15) is 0 Å². The molecule has 0 spiro atoms. The van der Waals surface area contributed by atoms with Crippen LogP contribution in [-0.2, 0) is 4.79 Å². The van der Waals surface area contributed by atoms with Crippen molar-refractivity contribution in [2.24, 2.45) is 5.92 Å². The molecule has 1 aromatic rings. The largest absolute Gasteiger partial charge is 0.337 e. The molecule has 0 aliphatic carbocycles. The monoisotopic (exact) mass is 328 g/mol. The number of rotatable bonds is 6. The van der Waals surface area contributed by atoms with Crippen molar-refractivity contribution in [1.82, 2.24) is 9.80 Å². The summed E-state index contributed by atoms with van der Waals surface area (Å²) < 4.78 is 0. The summed E-state index contributed by atoms with van der Waals surface area (Å²) in [6.45, 7) is 12.2. The predicted octanol–water partition coefficient (Wildman–Crippen LogP) is 2.73. The fourth-order valence-electron chi connectivity index (χ4n) is 3.01. The molecule has 1 aliphatic rings. The second-order valence-electron chi connectivity index (χ2n) is 6.52. The Morgan fingerprint density at radius 1 is 1.17 bits per heavy atom. The van der Waals surface area contributed by atoms with Crippen LogP contribution < -0.4 is 0 Å². The van der Waals surface area contributed by atoms with Gasteiger partial charge in [0.2, 0.25) is 5.91 Å². The van der Waals surface area contributed by atoms with Gasteiger partial charge in [0.05, 0.1) is 11.1 Å². The van der Waals surface area contributed by atoms with Gasteiger partial charge in [-0.05, 0) is 31.9 Å². The van der Waals surface area contributed by atoms with E-state index in [0.29, 0.717) is 24.2 Å². The molecule has 24 heavy (non-hydrogen) atoms. The number of amides is 3. The van der Waals surface area contributed by atoms with Gasteiger partial charge in [-0.1, -0.05) is 38.1 Å². The van der Waals surface area contributed by atoms with Crippen molar-refractivity contribution in [2.45, 2.75) is 33.7 Å². The lowest BCUT2D eigenvalue weighted by Gasteiger charge is -2.33. The van der Waals surface area contributed by atoms with E-state index in [9.17, 15) is 14.4 Å². The van der Waals surface area contributed by atoms with Crippen LogP contribution >= 0.6 is 0 Å². The number of hydrogen-bond acceptors (Lipinski definition) is 3. The molecule has 1 unspecified atom stereocenters. The highest BCUT2D eigenvalue weighted by Crippen LogP contribution is 2.28. The number of nitrogens with zero attached hydrogens (tertiary/aromatic N) is 2. The lowest BCUT2D eigenvalue weighted by molar-refractivity contribution is -0.136. The molecule has 0 radical (unpaired) electrons. The zero-order valence-electron chi connectivity index (χ0n) is 14.7. The van der Waals surface area contributed by atoms with Gasteiger partial charge in [0.15, 0.2) is 0 Å². The van der Waals surface area contributed by atoms with Crippen molar-refractivity contribution >= 4 is 17.7 Å². The van der Waals surface area contributed by atoms with Crippen molar-refractivity contribution in [3.8, 4) is 0 Å². The molecule has 0 N–H and O–H groups in total. The summed E-state index contributed by atoms with van der Waals surface area (Å²) in [4.78, 5) is 41.2. The fraction of sp³-hybridized carbons (Fsp3) is 0.421. The number of carbonyl (C=O) groups excluding carboxylic acids is 3. The molecule has 1 aromatic carbocycles. The second-order valence-corrected chi connectivity index (χ2v) is 6.52. The smallest absolute Gasteiger partial charge is 0.262 e. The van der Waals surface area contributed by atoms with E-state index in [2.05, 4.69) is 6.58 Å². The SMILES string of the molecule is C=C(C)CN(CC)C(=O)C(C(C)C)N1C(=O)c2ccccc2C1=O. The van der Waals surface area contributed by atoms with Crippen LogP contribution in [0.1, 0.15) is 48.4 Å². The maximum absolute atomic E-state index is 13.0. The van der Waals surface area contributed by atoms with Crippen LogP contribution in [0.5, 0.6) is 0 Å². The molecule has 0 aromatic heterocycles. The van der Waals surface area contributed by atoms with Gasteiger partial charge in [-0.15, -0.1) is 0 Å². The minimum absolute atomic E-state index is 0.182. The number of likely N-dealkylation sites (N-methyl/N-ethyl adjacent to an activating group) is 1. The quantitative estimate of drug-likeness (QED) is 0.596. The summed E-state index contributed by atoms with van der Waals surface area (Å²) in [6, 6.07) is 5.89. The predicted molar refractivity (Wildman–Crippen MR) is 92.6 cm³/mol. The third-order valence-electron chi connectivity index (χ3n) is 4.14. The van der Waals surface area contributed by atoms with Crippen molar-refractivity contribution in [2.75, 3.05) is 13.1 Å². The first-order chi connectivity index (χ1) is 11.3. The highest BCUT2D eigenvalue weighted by molar-refractivity contribution is 6.22. The van der Waals surface area contributed by atoms with Gasteiger partial charge < -0.3 is 4.90 Å². The van der Waals surface area contributed by atoms with E-state index >= 15 is 0 Å². The van der Waals surface area contributed by atoms with Gasteiger partial charge in [-0.3, -0.25) is 19.3 Å². The third kappa shape index (κ3) is 3.11. The molecule has 5 nitrogen and oxygen atoms in total. The highest BCUT2D eigenvalue weighted by atomic mass is 16.2. The molecule has 0 bridgehead atoms. The van der Waals surface area contributed by atoms with E-state index in [1.807, 2.05) is 27.7 Å². The Morgan fingerprint density at radius 3 is 2.04 bits per heavy atom. The van der Waals surface area contributed by atoms with Crippen LogP contribution in [0.2, 0.25) is 0 Å². The minimum atomic E-state index is -0.809. The lowest BCUT2D eigenvalue weighted by Crippen LogP contribution is -2.53. The van der Waals surface area contributed by atoms with Gasteiger partial charge >= 0.3 is 0 Å². The van der Waals surface area contributed by atoms with E-state index in [0.717, 1.165) is 10.5 Å². The molecular formula is C19H24N2O3. The number of hydrogen-bond donors (Lipinski definition) is 0. The Hall–Kier alpha value is -2.43. The molecule has 1 atom stereocenters. The van der Waals surface area contributed by atoms with Crippen molar-refractivity contribution in [3.63, 3.8) is 0 Å². The van der Waals surface area contributed by atoms with Gasteiger partial charge in [0, 0.05) is 13.1 Å². The van der Waals surface area contributed by atoms with Crippen LogP contribution in [0.4, 0.5) is 0 Å². The van der Waals surface area contributed by atoms with E-state index < -0.39 is 17.9 Å². The molecule has 0 saturated heterocycles. The molecule has 1 heterocycles. The molecule has 3 amide bonds.